The van der Waals surface area contributed by atoms with E-state index in [-0.39, 0.29) is 39.8 Å². The van der Waals surface area contributed by atoms with E-state index in [9.17, 15) is 15.0 Å². The van der Waals surface area contributed by atoms with Crippen LogP contribution in [0.5, 0.6) is 0 Å². The summed E-state index contributed by atoms with van der Waals surface area (Å²) >= 11 is 0. The van der Waals surface area contributed by atoms with E-state index in [1.54, 1.807) is 0 Å². The number of aliphatic hydroxyl groups excluding tert-OH is 2. The van der Waals surface area contributed by atoms with Gasteiger partial charge < -0.3 is 10.2 Å². The maximum Gasteiger partial charge on any atom is 0.159 e. The summed E-state index contributed by atoms with van der Waals surface area (Å²) in [7, 11) is 0. The fraction of sp³-hybridized carbons (Fsp3) is 0.833. The van der Waals surface area contributed by atoms with Crippen molar-refractivity contribution in [1.82, 2.24) is 0 Å². The van der Waals surface area contributed by atoms with Gasteiger partial charge in [0.1, 0.15) is 0 Å². The van der Waals surface area contributed by atoms with Gasteiger partial charge in [0.25, 0.3) is 0 Å². The second-order valence-electron chi connectivity index (χ2n) is 13.7. The number of hydrogen-bond donors (Lipinski definition) is 2. The Hall–Kier alpha value is -0.930. The molecule has 4 aliphatic rings. The van der Waals surface area contributed by atoms with E-state index in [0.29, 0.717) is 30.5 Å². The minimum absolute atomic E-state index is 0.0274. The van der Waals surface area contributed by atoms with Gasteiger partial charge >= 0.3 is 0 Å². The van der Waals surface area contributed by atoms with Gasteiger partial charge in [-0.05, 0) is 98.2 Å². The fourth-order valence-corrected chi connectivity index (χ4v) is 9.21. The van der Waals surface area contributed by atoms with Crippen LogP contribution < -0.4 is 0 Å². The van der Waals surface area contributed by atoms with Crippen LogP contribution in [0.15, 0.2) is 22.8 Å². The molecule has 0 bridgehead atoms. The summed E-state index contributed by atoms with van der Waals surface area (Å²) in [6.45, 7) is 17.9. The fourth-order valence-electron chi connectivity index (χ4n) is 9.21. The molecule has 0 aromatic carbocycles. The zero-order valence-electron chi connectivity index (χ0n) is 22.4. The normalized spacial score (nSPS) is 43.9. The molecule has 186 valence electrons. The zero-order valence-corrected chi connectivity index (χ0v) is 22.4. The van der Waals surface area contributed by atoms with Crippen molar-refractivity contribution in [2.45, 2.75) is 119 Å². The molecule has 2 saturated carbocycles. The molecule has 0 heterocycles. The van der Waals surface area contributed by atoms with Crippen LogP contribution >= 0.6 is 0 Å². The molecule has 4 aliphatic carbocycles. The Morgan fingerprint density at radius 2 is 1.76 bits per heavy atom. The van der Waals surface area contributed by atoms with E-state index >= 15 is 0 Å². The number of allylic oxidation sites excluding steroid dienone is 3. The van der Waals surface area contributed by atoms with E-state index in [4.69, 9.17) is 0 Å². The van der Waals surface area contributed by atoms with Crippen molar-refractivity contribution in [3.63, 3.8) is 0 Å². The second-order valence-corrected chi connectivity index (χ2v) is 13.7. The van der Waals surface area contributed by atoms with Crippen molar-refractivity contribution in [3.8, 4) is 0 Å². The van der Waals surface area contributed by atoms with Crippen molar-refractivity contribution in [2.24, 2.45) is 39.4 Å². The molecule has 0 aromatic rings. The number of ketones is 1. The lowest BCUT2D eigenvalue weighted by atomic mass is 9.43. The summed E-state index contributed by atoms with van der Waals surface area (Å²) < 4.78 is 0. The molecule has 0 radical (unpaired) electrons. The van der Waals surface area contributed by atoms with Crippen molar-refractivity contribution >= 4 is 5.78 Å². The quantitative estimate of drug-likeness (QED) is 0.467. The monoisotopic (exact) mass is 456 g/mol. The highest BCUT2D eigenvalue weighted by Crippen LogP contribution is 2.71. The van der Waals surface area contributed by atoms with E-state index in [2.05, 4.69) is 61.5 Å². The molecule has 2 N–H and O–H groups in total. The molecule has 2 fully saturated rings. The highest BCUT2D eigenvalue weighted by atomic mass is 16.3. The van der Waals surface area contributed by atoms with Crippen molar-refractivity contribution in [1.29, 1.82) is 0 Å². The Kier molecular flexibility index (Phi) is 6.14. The molecule has 4 rings (SSSR count). The molecule has 3 nitrogen and oxygen atoms in total. The van der Waals surface area contributed by atoms with E-state index in [0.717, 1.165) is 44.1 Å². The molecular weight excluding hydrogens is 408 g/mol. The summed E-state index contributed by atoms with van der Waals surface area (Å²) in [6, 6.07) is 0. The van der Waals surface area contributed by atoms with Crippen LogP contribution in [0.2, 0.25) is 0 Å². The largest absolute Gasteiger partial charge is 0.393 e. The number of aliphatic hydroxyl groups is 2. The molecule has 0 amide bonds. The van der Waals surface area contributed by atoms with Crippen LogP contribution in [0, 0.1) is 39.4 Å². The molecule has 0 aromatic heterocycles. The van der Waals surface area contributed by atoms with E-state index in [1.165, 1.54) is 11.1 Å². The van der Waals surface area contributed by atoms with Crippen LogP contribution in [0.25, 0.3) is 0 Å². The highest BCUT2D eigenvalue weighted by molar-refractivity contribution is 5.99. The highest BCUT2D eigenvalue weighted by Gasteiger charge is 2.65. The van der Waals surface area contributed by atoms with Crippen molar-refractivity contribution in [2.75, 3.05) is 0 Å². The first-order valence-corrected chi connectivity index (χ1v) is 13.5. The smallest absolute Gasteiger partial charge is 0.159 e. The molecule has 8 atom stereocenters. The lowest BCUT2D eigenvalue weighted by Crippen LogP contribution is -2.57. The number of hydrogen-bond acceptors (Lipinski definition) is 3. The predicted octanol–water partition coefficient (Wildman–Crippen LogP) is 6.63. The molecule has 8 unspecified atom stereocenters. The van der Waals surface area contributed by atoms with Crippen LogP contribution in [0.3, 0.4) is 0 Å². The zero-order chi connectivity index (χ0) is 24.6. The lowest BCUT2D eigenvalue weighted by molar-refractivity contribution is -0.132. The average molecular weight is 457 g/mol. The molecule has 0 spiro atoms. The van der Waals surface area contributed by atoms with Gasteiger partial charge in [-0.3, -0.25) is 4.79 Å². The minimum Gasteiger partial charge on any atom is -0.393 e. The van der Waals surface area contributed by atoms with Crippen LogP contribution in [-0.4, -0.2) is 28.2 Å². The van der Waals surface area contributed by atoms with Gasteiger partial charge in [0.2, 0.25) is 0 Å². The van der Waals surface area contributed by atoms with Gasteiger partial charge in [-0.1, -0.05) is 58.8 Å². The molecule has 0 saturated heterocycles. The number of rotatable bonds is 4. The Labute approximate surface area is 202 Å². The molecule has 3 heteroatoms. The molecule has 0 aliphatic heterocycles. The molecular formula is C30H48O3. The standard InChI is InChI=1S/C30H48O3/c1-18(2)9-11-22(31)19(3)20-13-16-29(7)21-10-12-24-27(4,5)25(33)14-15-28(24,6)26(21)23(32)17-30(20,29)8/h9,19-20,22,24-25,31,33H,10-17H2,1-8H3. The van der Waals surface area contributed by atoms with Gasteiger partial charge in [0.05, 0.1) is 12.2 Å². The van der Waals surface area contributed by atoms with E-state index in [1.807, 2.05) is 0 Å². The van der Waals surface area contributed by atoms with Gasteiger partial charge in [-0.15, -0.1) is 0 Å². The number of fused-ring (bicyclic) bond motifs is 4. The summed E-state index contributed by atoms with van der Waals surface area (Å²) in [5.41, 5.74) is 3.50. The first kappa shape index (κ1) is 25.2. The minimum atomic E-state index is -0.358. The maximum atomic E-state index is 14.0. The Balaban J connectivity index is 1.73. The Morgan fingerprint density at radius 3 is 2.39 bits per heavy atom. The van der Waals surface area contributed by atoms with Gasteiger partial charge in [0, 0.05) is 12.0 Å². The number of Topliss-reactive ketones (excluding diaryl/α,β-unsaturated/α-hetero) is 1. The molecule has 33 heavy (non-hydrogen) atoms. The maximum absolute atomic E-state index is 14.0. The summed E-state index contributed by atoms with van der Waals surface area (Å²) in [5.74, 6) is 1.25. The lowest BCUT2D eigenvalue weighted by Gasteiger charge is -2.61. The summed E-state index contributed by atoms with van der Waals surface area (Å²) in [4.78, 5) is 14.0. The van der Waals surface area contributed by atoms with Crippen LogP contribution in [0.1, 0.15) is 107 Å². The van der Waals surface area contributed by atoms with Crippen LogP contribution in [0.4, 0.5) is 0 Å². The van der Waals surface area contributed by atoms with Crippen LogP contribution in [-0.2, 0) is 4.79 Å². The number of carbonyl (C=O) groups is 1. The number of carbonyl (C=O) groups excluding carboxylic acids is 1. The third kappa shape index (κ3) is 3.46. The Bertz CT molecular complexity index is 877. The summed E-state index contributed by atoms with van der Waals surface area (Å²) in [6.07, 6.45) is 8.79. The van der Waals surface area contributed by atoms with Crippen molar-refractivity contribution < 1.29 is 15.0 Å². The first-order chi connectivity index (χ1) is 15.2. The third-order valence-corrected chi connectivity index (χ3v) is 11.5. The summed E-state index contributed by atoms with van der Waals surface area (Å²) in [5, 5.41) is 21.8. The van der Waals surface area contributed by atoms with Gasteiger partial charge in [-0.2, -0.15) is 0 Å². The average Bonchev–Trinajstić information content (AvgIpc) is 2.99. The second kappa shape index (κ2) is 8.05. The SMILES string of the molecule is CC(C)=CCC(O)C(C)C1CCC2(C)C3=C(C(=O)CC12C)C1(C)CCC(O)C(C)(C)C1CC3. The van der Waals surface area contributed by atoms with Gasteiger partial charge in [0.15, 0.2) is 5.78 Å². The van der Waals surface area contributed by atoms with Crippen molar-refractivity contribution in [3.05, 3.63) is 22.8 Å². The van der Waals surface area contributed by atoms with E-state index < -0.39 is 0 Å². The first-order valence-electron chi connectivity index (χ1n) is 13.5. The predicted molar refractivity (Wildman–Crippen MR) is 135 cm³/mol. The topological polar surface area (TPSA) is 57.5 Å². The van der Waals surface area contributed by atoms with Gasteiger partial charge in [-0.25, -0.2) is 0 Å². The third-order valence-electron chi connectivity index (χ3n) is 11.5. The Morgan fingerprint density at radius 1 is 1.09 bits per heavy atom.